The Morgan fingerprint density at radius 2 is 2.00 bits per heavy atom. The highest BCUT2D eigenvalue weighted by Gasteiger charge is 2.26. The Morgan fingerprint density at radius 1 is 1.28 bits per heavy atom. The molecular weight excluding hydrogens is 410 g/mol. The standard InChI is InChI=1S/C19H19N5O3S2/c1-10(2)9-29(26,27)19-23-28-18-22-17(25)14(16(20)24(18)19)8-13-11(3)21-15-7-5-4-6-12(13)15/h4-8,10H,9,20H2,1-3H3/b13-8-. The average molecular weight is 430 g/mol. The first-order valence-electron chi connectivity index (χ1n) is 8.96. The molecule has 1 aliphatic heterocycles. The average Bonchev–Trinajstić information content (AvgIpc) is 3.19. The monoisotopic (exact) mass is 429 g/mol. The molecule has 0 atom stereocenters. The molecule has 1 aliphatic rings. The maximum atomic E-state index is 12.8. The van der Waals surface area contributed by atoms with Gasteiger partial charge in [-0.15, -0.1) is 0 Å². The molecule has 2 N–H and O–H groups in total. The third-order valence-corrected chi connectivity index (χ3v) is 7.28. The molecule has 3 heterocycles. The maximum Gasteiger partial charge on any atom is 0.283 e. The van der Waals surface area contributed by atoms with Crippen LogP contribution in [0.25, 0.3) is 16.6 Å². The molecule has 0 aliphatic carbocycles. The number of nitrogens with zero attached hydrogens (tertiary/aromatic N) is 4. The van der Waals surface area contributed by atoms with Gasteiger partial charge in [0.1, 0.15) is 5.82 Å². The van der Waals surface area contributed by atoms with E-state index in [0.717, 1.165) is 34.1 Å². The summed E-state index contributed by atoms with van der Waals surface area (Å²) in [6.07, 6.45) is 1.62. The molecule has 0 bridgehead atoms. The number of hydrogen-bond acceptors (Lipinski definition) is 8. The summed E-state index contributed by atoms with van der Waals surface area (Å²) in [7, 11) is -3.69. The molecule has 150 valence electrons. The lowest BCUT2D eigenvalue weighted by Crippen LogP contribution is -2.20. The number of anilines is 1. The van der Waals surface area contributed by atoms with Crippen molar-refractivity contribution in [3.8, 4) is 0 Å². The summed E-state index contributed by atoms with van der Waals surface area (Å²) in [6, 6.07) is 7.57. The van der Waals surface area contributed by atoms with Crippen molar-refractivity contribution in [1.29, 1.82) is 0 Å². The van der Waals surface area contributed by atoms with Crippen molar-refractivity contribution in [2.75, 3.05) is 11.5 Å². The molecular formula is C19H19N5O3S2. The second-order valence-corrected chi connectivity index (χ2v) is 9.90. The summed E-state index contributed by atoms with van der Waals surface area (Å²) < 4.78 is 30.8. The van der Waals surface area contributed by atoms with Crippen molar-refractivity contribution < 1.29 is 8.42 Å². The van der Waals surface area contributed by atoms with Gasteiger partial charge >= 0.3 is 0 Å². The number of sulfone groups is 1. The molecule has 0 amide bonds. The molecule has 0 saturated heterocycles. The third kappa shape index (κ3) is 3.28. The van der Waals surface area contributed by atoms with E-state index >= 15 is 0 Å². The highest BCUT2D eigenvalue weighted by Crippen LogP contribution is 2.36. The van der Waals surface area contributed by atoms with E-state index in [0.29, 0.717) is 0 Å². The lowest BCUT2D eigenvalue weighted by molar-refractivity contribution is 0.573. The fraction of sp³-hybridized carbons (Fsp3) is 0.263. The molecule has 4 rings (SSSR count). The van der Waals surface area contributed by atoms with Crippen LogP contribution in [0.3, 0.4) is 0 Å². The van der Waals surface area contributed by atoms with E-state index in [4.69, 9.17) is 5.73 Å². The normalized spacial score (nSPS) is 15.3. The predicted octanol–water partition coefficient (Wildman–Crippen LogP) is 2.81. The number of nitrogens with two attached hydrogens (primary N) is 1. The number of fused-ring (bicyclic) bond motifs is 2. The van der Waals surface area contributed by atoms with Crippen LogP contribution in [0, 0.1) is 5.92 Å². The van der Waals surface area contributed by atoms with E-state index in [1.54, 1.807) is 6.08 Å². The van der Waals surface area contributed by atoms with Crippen LogP contribution in [0.2, 0.25) is 0 Å². The second kappa shape index (κ2) is 6.89. The Hall–Kier alpha value is -2.85. The number of aromatic nitrogens is 3. The van der Waals surface area contributed by atoms with Gasteiger partial charge in [0, 0.05) is 28.4 Å². The van der Waals surface area contributed by atoms with Gasteiger partial charge in [-0.1, -0.05) is 32.0 Å². The largest absolute Gasteiger partial charge is 0.384 e. The summed E-state index contributed by atoms with van der Waals surface area (Å²) in [5, 5.41) is -0.187. The van der Waals surface area contributed by atoms with Crippen LogP contribution < -0.4 is 11.3 Å². The highest BCUT2D eigenvalue weighted by molar-refractivity contribution is 7.91. The van der Waals surface area contributed by atoms with E-state index in [1.165, 1.54) is 4.40 Å². The van der Waals surface area contributed by atoms with Gasteiger partial charge in [-0.25, -0.2) is 12.8 Å². The van der Waals surface area contributed by atoms with Crippen molar-refractivity contribution in [2.45, 2.75) is 25.9 Å². The Labute approximate surface area is 171 Å². The smallest absolute Gasteiger partial charge is 0.283 e. The van der Waals surface area contributed by atoms with Crippen molar-refractivity contribution in [1.82, 2.24) is 13.8 Å². The Balaban J connectivity index is 1.95. The first kappa shape index (κ1) is 19.5. The highest BCUT2D eigenvalue weighted by atomic mass is 32.2. The summed E-state index contributed by atoms with van der Waals surface area (Å²) >= 11 is 0.835. The maximum absolute atomic E-state index is 12.8. The number of nitrogen functional groups attached to an aromatic ring is 1. The van der Waals surface area contributed by atoms with Gasteiger partial charge in [0.05, 0.1) is 17.0 Å². The predicted molar refractivity (Wildman–Crippen MR) is 116 cm³/mol. The SMILES string of the molecule is CC1=Nc2ccccc2/C1=C\c1c(N)n2c(S(=O)(=O)CC(C)C)nsc2nc1=O. The van der Waals surface area contributed by atoms with Crippen LogP contribution >= 0.6 is 11.5 Å². The zero-order chi connectivity index (χ0) is 20.9. The first-order chi connectivity index (χ1) is 13.7. The minimum atomic E-state index is -3.69. The van der Waals surface area contributed by atoms with Crippen molar-refractivity contribution >= 4 is 55.2 Å². The van der Waals surface area contributed by atoms with Crippen molar-refractivity contribution in [3.05, 3.63) is 45.7 Å². The fourth-order valence-electron chi connectivity index (χ4n) is 3.30. The molecule has 0 spiro atoms. The summed E-state index contributed by atoms with van der Waals surface area (Å²) in [5.74, 6) is -0.158. The second-order valence-electron chi connectivity index (χ2n) is 7.25. The van der Waals surface area contributed by atoms with E-state index < -0.39 is 15.4 Å². The van der Waals surface area contributed by atoms with Gasteiger partial charge in [-0.3, -0.25) is 9.79 Å². The van der Waals surface area contributed by atoms with Gasteiger partial charge in [0.25, 0.3) is 5.56 Å². The number of allylic oxidation sites excluding steroid dienone is 1. The molecule has 1 aromatic carbocycles. The van der Waals surface area contributed by atoms with E-state index in [9.17, 15) is 13.2 Å². The van der Waals surface area contributed by atoms with Gasteiger partial charge in [-0.2, -0.15) is 9.36 Å². The van der Waals surface area contributed by atoms with Crippen LogP contribution in [0.5, 0.6) is 0 Å². The number of para-hydroxylation sites is 1. The summed E-state index contributed by atoms with van der Waals surface area (Å²) in [4.78, 5) is 21.3. The minimum absolute atomic E-state index is 0.000706. The summed E-state index contributed by atoms with van der Waals surface area (Å²) in [6.45, 7) is 5.46. The summed E-state index contributed by atoms with van der Waals surface area (Å²) in [5.41, 5.74) is 9.03. The van der Waals surface area contributed by atoms with Crippen LogP contribution in [0.4, 0.5) is 11.5 Å². The molecule has 8 nitrogen and oxygen atoms in total. The minimum Gasteiger partial charge on any atom is -0.384 e. The van der Waals surface area contributed by atoms with E-state index in [2.05, 4.69) is 14.3 Å². The lowest BCUT2D eigenvalue weighted by atomic mass is 10.0. The van der Waals surface area contributed by atoms with Crippen LogP contribution in [0.1, 0.15) is 31.9 Å². The molecule has 2 aromatic heterocycles. The number of rotatable bonds is 4. The first-order valence-corrected chi connectivity index (χ1v) is 11.4. The van der Waals surface area contributed by atoms with Gasteiger partial charge in [-0.05, 0) is 25.0 Å². The molecule has 0 fully saturated rings. The molecule has 10 heteroatoms. The topological polar surface area (TPSA) is 120 Å². The number of benzene rings is 1. The third-order valence-electron chi connectivity index (χ3n) is 4.52. The number of aliphatic imine (C=N–C) groups is 1. The molecule has 3 aromatic rings. The van der Waals surface area contributed by atoms with Gasteiger partial charge in [0.2, 0.25) is 20.0 Å². The molecule has 0 radical (unpaired) electrons. The van der Waals surface area contributed by atoms with Crippen LogP contribution in [0.15, 0.2) is 39.2 Å². The van der Waals surface area contributed by atoms with Gasteiger partial charge < -0.3 is 5.73 Å². The van der Waals surface area contributed by atoms with E-state index in [-0.39, 0.29) is 33.2 Å². The lowest BCUT2D eigenvalue weighted by Gasteiger charge is -2.09. The quantitative estimate of drug-likeness (QED) is 0.681. The molecule has 29 heavy (non-hydrogen) atoms. The zero-order valence-electron chi connectivity index (χ0n) is 16.1. The van der Waals surface area contributed by atoms with Crippen molar-refractivity contribution in [2.24, 2.45) is 10.9 Å². The van der Waals surface area contributed by atoms with Crippen molar-refractivity contribution in [3.63, 3.8) is 0 Å². The number of hydrogen-bond donors (Lipinski definition) is 1. The zero-order valence-corrected chi connectivity index (χ0v) is 17.7. The van der Waals surface area contributed by atoms with Crippen LogP contribution in [-0.4, -0.2) is 33.6 Å². The molecule has 0 saturated carbocycles. The Kier molecular flexibility index (Phi) is 4.62. The molecule has 0 unspecified atom stereocenters. The Bertz CT molecular complexity index is 1360. The van der Waals surface area contributed by atoms with Gasteiger partial charge in [0.15, 0.2) is 0 Å². The van der Waals surface area contributed by atoms with Crippen LogP contribution in [-0.2, 0) is 9.84 Å². The Morgan fingerprint density at radius 3 is 2.72 bits per heavy atom. The van der Waals surface area contributed by atoms with E-state index in [1.807, 2.05) is 45.0 Å². The fourth-order valence-corrected chi connectivity index (χ4v) is 6.05.